The third kappa shape index (κ3) is 8.36. The first-order valence-corrected chi connectivity index (χ1v) is 6.28. The lowest BCUT2D eigenvalue weighted by molar-refractivity contribution is 0.193. The van der Waals surface area contributed by atoms with E-state index in [2.05, 4.69) is 16.9 Å². The van der Waals surface area contributed by atoms with Crippen LogP contribution in [0.5, 0.6) is 0 Å². The van der Waals surface area contributed by atoms with Gasteiger partial charge in [0.1, 0.15) is 5.75 Å². The molecule has 0 aliphatic heterocycles. The highest BCUT2D eigenvalue weighted by molar-refractivity contribution is 7.92. The van der Waals surface area contributed by atoms with Crippen molar-refractivity contribution in [2.24, 2.45) is 5.73 Å². The quantitative estimate of drug-likeness (QED) is 0.446. The summed E-state index contributed by atoms with van der Waals surface area (Å²) in [5.74, 6) is -0.285. The Hall–Kier alpha value is -0.240. The summed E-state index contributed by atoms with van der Waals surface area (Å²) in [4.78, 5) is -0.0191. The second kappa shape index (κ2) is 7.10. The molecule has 84 valence electrons. The monoisotopic (exact) mass is 240 g/mol. The summed E-state index contributed by atoms with van der Waals surface area (Å²) < 4.78 is 29.5. The smallest absolute Gasteiger partial charge is 0.218 e. The number of sulfonamides is 1. The highest BCUT2D eigenvalue weighted by Gasteiger charge is 2.10. The van der Waals surface area contributed by atoms with Gasteiger partial charge in [-0.1, -0.05) is 12.2 Å². The minimum Gasteiger partial charge on any atom is -0.392 e. The predicted octanol–water partition coefficient (Wildman–Crippen LogP) is -0.381. The first kappa shape index (κ1) is 13.8. The molecule has 0 amide bonds. The molecule has 0 aromatic heterocycles. The molecule has 0 heterocycles. The van der Waals surface area contributed by atoms with E-state index in [0.717, 1.165) is 12.8 Å². The van der Waals surface area contributed by atoms with Gasteiger partial charge in [0.25, 0.3) is 0 Å². The van der Waals surface area contributed by atoms with Crippen molar-refractivity contribution in [3.8, 4) is 0 Å². The molecule has 0 unspecified atom stereocenters. The van der Waals surface area contributed by atoms with Crippen molar-refractivity contribution in [3.63, 3.8) is 0 Å². The number of nitrogens with two attached hydrogens (primary N) is 1. The molecule has 3 N–H and O–H groups in total. The van der Waals surface area contributed by atoms with Gasteiger partial charge < -0.3 is 10.5 Å². The number of unbranched alkanes of at least 4 members (excludes halogenated alkanes) is 1. The summed E-state index contributed by atoms with van der Waals surface area (Å²) in [5.41, 5.74) is 5.12. The maximum absolute atomic E-state index is 11.2. The molecule has 0 spiro atoms. The third-order valence-electron chi connectivity index (χ3n) is 1.43. The summed E-state index contributed by atoms with van der Waals surface area (Å²) in [5, 5.41) is 0. The molecule has 0 radical (unpaired) electrons. The molecule has 0 aromatic rings. The molecule has 7 heteroatoms. The van der Waals surface area contributed by atoms with Crippen LogP contribution >= 0.6 is 12.2 Å². The van der Waals surface area contributed by atoms with Gasteiger partial charge in [-0.2, -0.15) is 0 Å². The largest absolute Gasteiger partial charge is 0.392 e. The summed E-state index contributed by atoms with van der Waals surface area (Å²) in [6, 6.07) is 0. The van der Waals surface area contributed by atoms with Crippen LogP contribution in [0.25, 0.3) is 0 Å². The van der Waals surface area contributed by atoms with E-state index in [4.69, 9.17) is 10.5 Å². The second-order valence-corrected chi connectivity index (χ2v) is 5.15. The molecule has 5 nitrogen and oxygen atoms in total. The van der Waals surface area contributed by atoms with Gasteiger partial charge in [-0.05, 0) is 12.8 Å². The SMILES string of the molecule is COCCCCNS(=O)(=O)CC(N)=S. The van der Waals surface area contributed by atoms with Crippen LogP contribution in [0.1, 0.15) is 12.8 Å². The van der Waals surface area contributed by atoms with Crippen LogP contribution in [0.4, 0.5) is 0 Å². The van der Waals surface area contributed by atoms with E-state index in [9.17, 15) is 8.42 Å². The van der Waals surface area contributed by atoms with Gasteiger partial charge in [0.2, 0.25) is 10.0 Å². The molecule has 0 bridgehead atoms. The Labute approximate surface area is 90.1 Å². The highest BCUT2D eigenvalue weighted by Crippen LogP contribution is 1.90. The van der Waals surface area contributed by atoms with Crippen LogP contribution in [-0.2, 0) is 14.8 Å². The summed E-state index contributed by atoms with van der Waals surface area (Å²) in [6.45, 7) is 1.03. The molecule has 14 heavy (non-hydrogen) atoms. The molecule has 0 saturated heterocycles. The van der Waals surface area contributed by atoms with E-state index < -0.39 is 10.0 Å². The van der Waals surface area contributed by atoms with Crippen LogP contribution in [0.2, 0.25) is 0 Å². The van der Waals surface area contributed by atoms with Crippen LogP contribution < -0.4 is 10.5 Å². The maximum Gasteiger partial charge on any atom is 0.218 e. The zero-order valence-electron chi connectivity index (χ0n) is 8.15. The molecule has 0 aliphatic carbocycles. The van der Waals surface area contributed by atoms with E-state index >= 15 is 0 Å². The standard InChI is InChI=1S/C7H16N2O3S2/c1-12-5-3-2-4-9-14(10,11)6-7(8)13/h9H,2-6H2,1H3,(H2,8,13). The minimum absolute atomic E-state index is 0.0191. The van der Waals surface area contributed by atoms with Gasteiger partial charge in [0.15, 0.2) is 0 Å². The normalized spacial score (nSPS) is 11.5. The van der Waals surface area contributed by atoms with Gasteiger partial charge in [-0.3, -0.25) is 0 Å². The molecule has 0 rings (SSSR count). The van der Waals surface area contributed by atoms with Gasteiger partial charge >= 0.3 is 0 Å². The Morgan fingerprint density at radius 3 is 2.64 bits per heavy atom. The van der Waals surface area contributed by atoms with Gasteiger partial charge in [-0.15, -0.1) is 0 Å². The summed E-state index contributed by atoms with van der Waals surface area (Å²) in [7, 11) is -1.72. The predicted molar refractivity (Wildman–Crippen MR) is 59.7 cm³/mol. The van der Waals surface area contributed by atoms with Gasteiger partial charge in [0.05, 0.1) is 4.99 Å². The Morgan fingerprint density at radius 2 is 2.14 bits per heavy atom. The van der Waals surface area contributed by atoms with Crippen molar-refractivity contribution in [1.29, 1.82) is 0 Å². The number of methoxy groups -OCH3 is 1. The van der Waals surface area contributed by atoms with Crippen molar-refractivity contribution in [2.45, 2.75) is 12.8 Å². The highest BCUT2D eigenvalue weighted by atomic mass is 32.2. The Balaban J connectivity index is 3.61. The number of hydrogen-bond acceptors (Lipinski definition) is 4. The molecule has 0 saturated carbocycles. The topological polar surface area (TPSA) is 81.4 Å². The second-order valence-electron chi connectivity index (χ2n) is 2.82. The minimum atomic E-state index is -3.33. The summed E-state index contributed by atoms with van der Waals surface area (Å²) >= 11 is 4.50. The van der Waals surface area contributed by atoms with Gasteiger partial charge in [-0.25, -0.2) is 13.1 Å². The first-order valence-electron chi connectivity index (χ1n) is 4.22. The van der Waals surface area contributed by atoms with Crippen LogP contribution in [-0.4, -0.2) is 39.4 Å². The lowest BCUT2D eigenvalue weighted by Gasteiger charge is -2.04. The van der Waals surface area contributed by atoms with E-state index in [1.165, 1.54) is 0 Å². The average Bonchev–Trinajstić information content (AvgIpc) is 2.01. The maximum atomic E-state index is 11.2. The Morgan fingerprint density at radius 1 is 1.50 bits per heavy atom. The molecular formula is C7H16N2O3S2. The fourth-order valence-corrected chi connectivity index (χ4v) is 2.23. The number of ether oxygens (including phenoxy) is 1. The number of thiocarbonyl (C=S) groups is 1. The van der Waals surface area contributed by atoms with Crippen molar-refractivity contribution in [2.75, 3.05) is 26.0 Å². The molecule has 0 atom stereocenters. The van der Waals surface area contributed by atoms with Crippen molar-refractivity contribution in [1.82, 2.24) is 4.72 Å². The zero-order chi connectivity index (χ0) is 11.0. The first-order chi connectivity index (χ1) is 6.48. The van der Waals surface area contributed by atoms with Crippen molar-refractivity contribution >= 4 is 27.2 Å². The third-order valence-corrected chi connectivity index (χ3v) is 3.09. The number of nitrogens with one attached hydrogen (secondary N) is 1. The Bertz CT molecular complexity index is 264. The molecular weight excluding hydrogens is 224 g/mol. The molecule has 0 fully saturated rings. The molecule has 0 aliphatic rings. The number of rotatable bonds is 8. The Kier molecular flexibility index (Phi) is 6.98. The summed E-state index contributed by atoms with van der Waals surface area (Å²) in [6.07, 6.45) is 1.57. The molecule has 0 aromatic carbocycles. The van der Waals surface area contributed by atoms with E-state index in [1.54, 1.807) is 7.11 Å². The van der Waals surface area contributed by atoms with Crippen LogP contribution in [0.3, 0.4) is 0 Å². The average molecular weight is 240 g/mol. The lowest BCUT2D eigenvalue weighted by atomic mass is 10.3. The number of hydrogen-bond donors (Lipinski definition) is 2. The zero-order valence-corrected chi connectivity index (χ0v) is 9.79. The lowest BCUT2D eigenvalue weighted by Crippen LogP contribution is -2.33. The van der Waals surface area contributed by atoms with Crippen molar-refractivity contribution < 1.29 is 13.2 Å². The van der Waals surface area contributed by atoms with E-state index in [-0.39, 0.29) is 10.7 Å². The fraction of sp³-hybridized carbons (Fsp3) is 0.857. The van der Waals surface area contributed by atoms with E-state index in [1.807, 2.05) is 0 Å². The van der Waals surface area contributed by atoms with Gasteiger partial charge in [0, 0.05) is 20.3 Å². The van der Waals surface area contributed by atoms with Crippen LogP contribution in [0.15, 0.2) is 0 Å². The fourth-order valence-electron chi connectivity index (χ4n) is 0.837. The van der Waals surface area contributed by atoms with Crippen LogP contribution in [0, 0.1) is 0 Å². The van der Waals surface area contributed by atoms with Crippen molar-refractivity contribution in [3.05, 3.63) is 0 Å². The van der Waals surface area contributed by atoms with E-state index in [0.29, 0.717) is 13.2 Å².